The third-order valence-corrected chi connectivity index (χ3v) is 4.56. The van der Waals surface area contributed by atoms with Crippen LogP contribution in [-0.2, 0) is 12.8 Å². The average molecular weight is 372 g/mol. The van der Waals surface area contributed by atoms with Crippen molar-refractivity contribution in [3.63, 3.8) is 0 Å². The van der Waals surface area contributed by atoms with Crippen molar-refractivity contribution in [2.75, 3.05) is 12.4 Å². The monoisotopic (exact) mass is 370 g/mol. The van der Waals surface area contributed by atoms with Crippen molar-refractivity contribution in [1.82, 2.24) is 0 Å². The number of benzene rings is 2. The molecule has 1 nitrogen and oxygen atoms in total. The van der Waals surface area contributed by atoms with Gasteiger partial charge in [0.2, 0.25) is 0 Å². The van der Waals surface area contributed by atoms with Crippen LogP contribution in [0.2, 0.25) is 5.02 Å². The van der Waals surface area contributed by atoms with E-state index in [4.69, 9.17) is 16.3 Å². The quantitative estimate of drug-likeness (QED) is 0.627. The fourth-order valence-corrected chi connectivity index (χ4v) is 3.01. The lowest BCUT2D eigenvalue weighted by molar-refractivity contribution is 0.406. The summed E-state index contributed by atoms with van der Waals surface area (Å²) in [7, 11) is 1.66. The molecule has 1 unspecified atom stereocenters. The van der Waals surface area contributed by atoms with E-state index in [0.717, 1.165) is 35.0 Å². The second kappa shape index (κ2) is 7.81. The maximum Gasteiger partial charge on any atom is 0.123 e. The molecule has 0 aliphatic carbocycles. The maximum absolute atomic E-state index is 13.0. The van der Waals surface area contributed by atoms with Crippen LogP contribution in [0.3, 0.4) is 0 Å². The first-order valence-corrected chi connectivity index (χ1v) is 8.25. The van der Waals surface area contributed by atoms with Crippen LogP contribution in [0, 0.1) is 11.7 Å². The number of ether oxygens (including phenoxy) is 1. The van der Waals surface area contributed by atoms with E-state index in [1.54, 1.807) is 7.11 Å². The molecule has 2 rings (SSSR count). The highest BCUT2D eigenvalue weighted by Crippen LogP contribution is 2.27. The molecule has 112 valence electrons. The second-order valence-corrected chi connectivity index (χ2v) is 6.10. The Morgan fingerprint density at radius 1 is 1.14 bits per heavy atom. The molecule has 0 N–H and O–H groups in total. The van der Waals surface area contributed by atoms with Crippen LogP contribution in [-0.4, -0.2) is 12.4 Å². The van der Waals surface area contributed by atoms with Crippen LogP contribution in [0.15, 0.2) is 42.5 Å². The molecule has 0 saturated heterocycles. The molecule has 0 saturated carbocycles. The number of rotatable bonds is 6. The predicted molar refractivity (Wildman–Crippen MR) is 89.1 cm³/mol. The van der Waals surface area contributed by atoms with Gasteiger partial charge >= 0.3 is 0 Å². The fourth-order valence-electron chi connectivity index (χ4n) is 2.35. The smallest absolute Gasteiger partial charge is 0.123 e. The van der Waals surface area contributed by atoms with E-state index in [1.807, 2.05) is 30.3 Å². The molecule has 1 atom stereocenters. The van der Waals surface area contributed by atoms with Crippen molar-refractivity contribution in [3.8, 4) is 5.75 Å². The van der Waals surface area contributed by atoms with E-state index in [1.165, 1.54) is 12.1 Å². The molecule has 2 aromatic rings. The number of methoxy groups -OCH3 is 1. The van der Waals surface area contributed by atoms with Gasteiger partial charge in [-0.2, -0.15) is 0 Å². The first-order chi connectivity index (χ1) is 10.1. The van der Waals surface area contributed by atoms with Crippen LogP contribution in [0.5, 0.6) is 5.75 Å². The Bertz CT molecular complexity index is 586. The number of halogens is 3. The minimum atomic E-state index is -0.203. The molecule has 21 heavy (non-hydrogen) atoms. The zero-order valence-electron chi connectivity index (χ0n) is 11.8. The molecular weight excluding hydrogens is 355 g/mol. The first kappa shape index (κ1) is 16.3. The zero-order chi connectivity index (χ0) is 15.2. The van der Waals surface area contributed by atoms with Gasteiger partial charge in [-0.25, -0.2) is 4.39 Å². The summed E-state index contributed by atoms with van der Waals surface area (Å²) < 4.78 is 18.3. The van der Waals surface area contributed by atoms with Gasteiger partial charge in [-0.3, -0.25) is 0 Å². The topological polar surface area (TPSA) is 9.23 Å². The Kier molecular flexibility index (Phi) is 6.07. The highest BCUT2D eigenvalue weighted by molar-refractivity contribution is 9.09. The van der Waals surface area contributed by atoms with E-state index < -0.39 is 0 Å². The van der Waals surface area contributed by atoms with Crippen molar-refractivity contribution in [2.24, 2.45) is 5.92 Å². The van der Waals surface area contributed by atoms with E-state index in [-0.39, 0.29) is 5.82 Å². The average Bonchev–Trinajstić information content (AvgIpc) is 2.49. The van der Waals surface area contributed by atoms with Crippen LogP contribution in [0.4, 0.5) is 4.39 Å². The summed E-state index contributed by atoms with van der Waals surface area (Å²) in [6.45, 7) is 0. The largest absolute Gasteiger partial charge is 0.496 e. The minimum absolute atomic E-state index is 0.203. The molecule has 0 heterocycles. The lowest BCUT2D eigenvalue weighted by Gasteiger charge is -2.16. The molecule has 0 aliphatic heterocycles. The maximum atomic E-state index is 13.0. The summed E-state index contributed by atoms with van der Waals surface area (Å²) >= 11 is 9.63. The van der Waals surface area contributed by atoms with Gasteiger partial charge in [0, 0.05) is 10.4 Å². The van der Waals surface area contributed by atoms with Gasteiger partial charge in [-0.05, 0) is 60.2 Å². The Balaban J connectivity index is 2.11. The van der Waals surface area contributed by atoms with Gasteiger partial charge in [0.25, 0.3) is 0 Å². The number of hydrogen-bond acceptors (Lipinski definition) is 1. The van der Waals surface area contributed by atoms with E-state index in [0.29, 0.717) is 10.9 Å². The Morgan fingerprint density at radius 3 is 2.48 bits per heavy atom. The third-order valence-electron chi connectivity index (χ3n) is 3.41. The molecule has 0 bridgehead atoms. The van der Waals surface area contributed by atoms with Crippen molar-refractivity contribution in [3.05, 3.63) is 64.4 Å². The van der Waals surface area contributed by atoms with Crippen LogP contribution in [0.25, 0.3) is 0 Å². The normalized spacial score (nSPS) is 12.2. The van der Waals surface area contributed by atoms with Crippen molar-refractivity contribution in [1.29, 1.82) is 0 Å². The summed E-state index contributed by atoms with van der Waals surface area (Å²) in [4.78, 5) is 0. The lowest BCUT2D eigenvalue weighted by atomic mass is 9.94. The minimum Gasteiger partial charge on any atom is -0.496 e. The first-order valence-electron chi connectivity index (χ1n) is 6.75. The van der Waals surface area contributed by atoms with Crippen LogP contribution in [0.1, 0.15) is 11.1 Å². The number of hydrogen-bond donors (Lipinski definition) is 0. The van der Waals surface area contributed by atoms with Gasteiger partial charge in [-0.1, -0.05) is 39.7 Å². The summed E-state index contributed by atoms with van der Waals surface area (Å²) in [6, 6.07) is 12.3. The molecule has 0 radical (unpaired) electrons. The predicted octanol–water partition coefficient (Wildman–Crippen LogP) is 5.28. The fraction of sp³-hybridized carbons (Fsp3) is 0.294. The molecule has 0 fully saturated rings. The SMILES string of the molecule is COc1ccc(Cl)cc1CC(CBr)Cc1ccc(F)cc1. The highest BCUT2D eigenvalue weighted by atomic mass is 79.9. The summed E-state index contributed by atoms with van der Waals surface area (Å²) in [5.41, 5.74) is 2.22. The summed E-state index contributed by atoms with van der Waals surface area (Å²) in [5, 5.41) is 1.57. The van der Waals surface area contributed by atoms with Gasteiger partial charge in [0.1, 0.15) is 11.6 Å². The van der Waals surface area contributed by atoms with E-state index in [9.17, 15) is 4.39 Å². The Hall–Kier alpha value is -1.06. The van der Waals surface area contributed by atoms with E-state index >= 15 is 0 Å². The molecule has 0 aliphatic rings. The van der Waals surface area contributed by atoms with Crippen LogP contribution >= 0.6 is 27.5 Å². The zero-order valence-corrected chi connectivity index (χ0v) is 14.1. The van der Waals surface area contributed by atoms with Crippen LogP contribution < -0.4 is 4.74 Å². The summed E-state index contributed by atoms with van der Waals surface area (Å²) in [6.07, 6.45) is 1.73. The Labute approximate surface area is 138 Å². The molecule has 0 spiro atoms. The van der Waals surface area contributed by atoms with E-state index in [2.05, 4.69) is 15.9 Å². The van der Waals surface area contributed by atoms with Crippen molar-refractivity contribution in [2.45, 2.75) is 12.8 Å². The van der Waals surface area contributed by atoms with Crippen molar-refractivity contribution >= 4 is 27.5 Å². The molecule has 0 amide bonds. The standard InChI is InChI=1S/C17H17BrClFO/c1-21-17-7-4-15(19)10-14(17)9-13(11-18)8-12-2-5-16(20)6-3-12/h2-7,10,13H,8-9,11H2,1H3. The van der Waals surface area contributed by atoms with Crippen molar-refractivity contribution < 1.29 is 9.13 Å². The highest BCUT2D eigenvalue weighted by Gasteiger charge is 2.13. The third kappa shape index (κ3) is 4.72. The Morgan fingerprint density at radius 2 is 1.86 bits per heavy atom. The van der Waals surface area contributed by atoms with Gasteiger partial charge in [0.15, 0.2) is 0 Å². The molecule has 0 aromatic heterocycles. The number of alkyl halides is 1. The van der Waals surface area contributed by atoms with Gasteiger partial charge in [-0.15, -0.1) is 0 Å². The van der Waals surface area contributed by atoms with Gasteiger partial charge in [0.05, 0.1) is 7.11 Å². The molecule has 2 aromatic carbocycles. The second-order valence-electron chi connectivity index (χ2n) is 5.01. The molecule has 4 heteroatoms. The lowest BCUT2D eigenvalue weighted by Crippen LogP contribution is -2.11. The summed E-state index contributed by atoms with van der Waals surface area (Å²) in [5.74, 6) is 1.04. The van der Waals surface area contributed by atoms with Gasteiger partial charge < -0.3 is 4.74 Å². The molecular formula is C17H17BrClFO.